The zero-order valence-electron chi connectivity index (χ0n) is 39.3. The van der Waals surface area contributed by atoms with Crippen LogP contribution in [0.5, 0.6) is 0 Å². The number of halogens is 2. The summed E-state index contributed by atoms with van der Waals surface area (Å²) in [5.41, 5.74) is 6.23. The van der Waals surface area contributed by atoms with E-state index in [1.165, 1.54) is 0 Å². The summed E-state index contributed by atoms with van der Waals surface area (Å²) in [7, 11) is 0. The van der Waals surface area contributed by atoms with Crippen molar-refractivity contribution in [3.8, 4) is 0 Å². The second kappa shape index (κ2) is 16.8. The summed E-state index contributed by atoms with van der Waals surface area (Å²) < 4.78 is 23.0. The summed E-state index contributed by atoms with van der Waals surface area (Å²) in [6.07, 6.45) is 6.91. The number of benzene rings is 1. The van der Waals surface area contributed by atoms with Crippen molar-refractivity contribution < 1.29 is 38.5 Å². The van der Waals surface area contributed by atoms with Crippen molar-refractivity contribution in [2.45, 2.75) is 157 Å². The molecular weight excluding hydrogens is 821 g/mol. The van der Waals surface area contributed by atoms with Gasteiger partial charge in [0, 0.05) is 47.3 Å². The van der Waals surface area contributed by atoms with Crippen molar-refractivity contribution in [2.75, 3.05) is 19.6 Å². The molecule has 6 N–H and O–H groups in total. The van der Waals surface area contributed by atoms with Crippen molar-refractivity contribution in [1.82, 2.24) is 10.6 Å². The van der Waals surface area contributed by atoms with Gasteiger partial charge in [0.2, 0.25) is 0 Å². The predicted molar refractivity (Wildman–Crippen MR) is 242 cm³/mol. The first-order chi connectivity index (χ1) is 29.3. The molecule has 1 aromatic carbocycles. The lowest BCUT2D eigenvalue weighted by Gasteiger charge is -2.72. The number of Topliss-reactive ketones (excluding diaryl/α,β-unsaturated/α-hetero) is 1. The number of aliphatic hydroxyl groups is 1. The third kappa shape index (κ3) is 7.72. The molecule has 63 heavy (non-hydrogen) atoms. The number of nitrogens with two attached hydrogens (primary N) is 1. The minimum absolute atomic E-state index is 0.00198. The average Bonchev–Trinajstić information content (AvgIpc) is 3.51. The van der Waals surface area contributed by atoms with Gasteiger partial charge in [0.1, 0.15) is 6.10 Å². The Labute approximate surface area is 379 Å². The molecule has 1 unspecified atom stereocenters. The number of allylic oxidation sites excluding steroid dienone is 1. The largest absolute Gasteiger partial charge is 0.481 e. The molecule has 1 aromatic rings. The van der Waals surface area contributed by atoms with Crippen LogP contribution in [0.3, 0.4) is 0 Å². The van der Waals surface area contributed by atoms with Crippen molar-refractivity contribution in [1.29, 1.82) is 0 Å². The van der Waals surface area contributed by atoms with Gasteiger partial charge in [-0.1, -0.05) is 79.5 Å². The van der Waals surface area contributed by atoms with Gasteiger partial charge in [0.15, 0.2) is 11.6 Å². The third-order valence-electron chi connectivity index (χ3n) is 19.1. The Kier molecular flexibility index (Phi) is 12.8. The number of esters is 1. The number of carboxylic acids is 1. The van der Waals surface area contributed by atoms with E-state index >= 15 is 4.39 Å². The van der Waals surface area contributed by atoms with Crippen LogP contribution in [-0.4, -0.2) is 71.5 Å². The quantitative estimate of drug-likeness (QED) is 0.0904. The molecule has 10 nitrogen and oxygen atoms in total. The molecule has 0 saturated heterocycles. The standard InChI is InChI=1S/C51H75ClFN3O7/c1-29(2)40-35(57)26-50(38(58)27-55-28-51(53,19-10-24-54)56-42(59)30-11-13-31(52)14-12-30)23-22-48(8)32(41(40)50)15-16-37-47(7)20-18-39(46(5,6)36(47)17-21-49(37,48)9)63-44(62)34-25-33(43(60)61)45(34,3)4/h11-14,29,32-34,36-39,55,58H,10,15-28,54H2,1-9H3,(H,56,59)(H,60,61)/t32-,33+,34-,36+,37-,38+,39+,47+,48-,49-,50+,51?/m1/s1. The van der Waals surface area contributed by atoms with Crippen molar-refractivity contribution in [2.24, 2.45) is 73.7 Å². The number of hydrogen-bond donors (Lipinski definition) is 5. The summed E-state index contributed by atoms with van der Waals surface area (Å²) in [5.74, 6) is -3.80. The summed E-state index contributed by atoms with van der Waals surface area (Å²) >= 11 is 6.02. The smallest absolute Gasteiger partial charge is 0.309 e. The van der Waals surface area contributed by atoms with Gasteiger partial charge >= 0.3 is 11.9 Å². The first-order valence-corrected chi connectivity index (χ1v) is 24.3. The number of carbonyl (C=O) groups excluding carboxylic acids is 3. The molecule has 12 atom stereocenters. The molecule has 1 amide bonds. The van der Waals surface area contributed by atoms with Crippen molar-refractivity contribution in [3.63, 3.8) is 0 Å². The van der Waals surface area contributed by atoms with Crippen LogP contribution in [0.1, 0.15) is 150 Å². The van der Waals surface area contributed by atoms with Gasteiger partial charge in [-0.15, -0.1) is 0 Å². The normalized spacial score (nSPS) is 38.0. The maximum absolute atomic E-state index is 16.6. The van der Waals surface area contributed by atoms with Gasteiger partial charge in [-0.25, -0.2) is 4.39 Å². The molecule has 0 heterocycles. The van der Waals surface area contributed by atoms with E-state index in [-0.39, 0.29) is 89.4 Å². The minimum atomic E-state index is -2.12. The van der Waals surface area contributed by atoms with Gasteiger partial charge in [0.25, 0.3) is 5.91 Å². The van der Waals surface area contributed by atoms with Gasteiger partial charge in [-0.05, 0) is 146 Å². The van der Waals surface area contributed by atoms with E-state index in [0.29, 0.717) is 36.1 Å². The fourth-order valence-electron chi connectivity index (χ4n) is 15.3. The first kappa shape index (κ1) is 48.1. The van der Waals surface area contributed by atoms with Crippen LogP contribution in [0.4, 0.5) is 4.39 Å². The molecule has 0 bridgehead atoms. The Bertz CT molecular complexity index is 2000. The molecule has 5 fully saturated rings. The number of hydrogen-bond acceptors (Lipinski definition) is 8. The number of ketones is 1. The second-order valence-corrected chi connectivity index (χ2v) is 23.5. The third-order valence-corrected chi connectivity index (χ3v) is 19.4. The Morgan fingerprint density at radius 2 is 1.60 bits per heavy atom. The lowest BCUT2D eigenvalue weighted by atomic mass is 9.33. The number of ether oxygens (including phenoxy) is 1. The zero-order chi connectivity index (χ0) is 46.3. The number of rotatable bonds is 14. The highest BCUT2D eigenvalue weighted by Crippen LogP contribution is 2.77. The SMILES string of the molecule is CC(C)C1=C2[C@H]3CC[C@@H]4[C@@]5(C)CC[C@H](OC(=O)[C@H]6C[C@@H](C(=O)O)C6(C)C)C(C)(C)[C@@H]5CC[C@@]4(C)[C@]3(C)CC[C@@]2([C@@H](O)CNCC(F)(CCCN)NC(=O)c2ccc(Cl)cc2)CC1=O. The highest BCUT2D eigenvalue weighted by Gasteiger charge is 2.71. The fraction of sp³-hybridized carbons (Fsp3) is 0.765. The van der Waals surface area contributed by atoms with Gasteiger partial charge in [0.05, 0.1) is 17.9 Å². The van der Waals surface area contributed by atoms with Crippen molar-refractivity contribution in [3.05, 3.63) is 46.0 Å². The topological polar surface area (TPSA) is 168 Å². The molecule has 6 aliphatic rings. The van der Waals surface area contributed by atoms with Gasteiger partial charge in [-0.2, -0.15) is 0 Å². The van der Waals surface area contributed by atoms with Crippen molar-refractivity contribution >= 4 is 35.2 Å². The Balaban J connectivity index is 1.09. The highest BCUT2D eigenvalue weighted by molar-refractivity contribution is 6.30. The first-order valence-electron chi connectivity index (χ1n) is 23.9. The van der Waals surface area contributed by atoms with E-state index in [9.17, 15) is 29.4 Å². The second-order valence-electron chi connectivity index (χ2n) is 23.1. The molecule has 0 radical (unpaired) electrons. The number of amides is 1. The summed E-state index contributed by atoms with van der Waals surface area (Å²) in [4.78, 5) is 52.9. The van der Waals surface area contributed by atoms with E-state index < -0.39 is 46.4 Å². The van der Waals surface area contributed by atoms with Crippen LogP contribution in [0.15, 0.2) is 35.4 Å². The molecule has 0 aliphatic heterocycles. The summed E-state index contributed by atoms with van der Waals surface area (Å²) in [5, 5.41) is 28.3. The Hall–Kier alpha value is -2.86. The van der Waals surface area contributed by atoms with Crippen LogP contribution in [0.25, 0.3) is 0 Å². The maximum atomic E-state index is 16.6. The molecule has 12 heteroatoms. The number of alkyl halides is 1. The number of aliphatic hydroxyl groups excluding tert-OH is 1. The minimum Gasteiger partial charge on any atom is -0.481 e. The predicted octanol–water partition coefficient (Wildman–Crippen LogP) is 9.06. The molecule has 7 rings (SSSR count). The molecular formula is C51H75ClFN3O7. The molecule has 350 valence electrons. The highest BCUT2D eigenvalue weighted by atomic mass is 35.5. The average molecular weight is 897 g/mol. The van der Waals surface area contributed by atoms with E-state index in [1.54, 1.807) is 24.3 Å². The van der Waals surface area contributed by atoms with Gasteiger partial charge in [-0.3, -0.25) is 19.2 Å². The molecule has 0 aromatic heterocycles. The number of fused-ring (bicyclic) bond motifs is 7. The van der Waals surface area contributed by atoms with E-state index in [2.05, 4.69) is 59.1 Å². The van der Waals surface area contributed by atoms with Crippen LogP contribution in [0, 0.1) is 68.0 Å². The lowest BCUT2D eigenvalue weighted by Crippen LogP contribution is -2.66. The van der Waals surface area contributed by atoms with Gasteiger partial charge < -0.3 is 31.3 Å². The van der Waals surface area contributed by atoms with Crippen LogP contribution in [0.2, 0.25) is 5.02 Å². The molecule has 6 aliphatic carbocycles. The zero-order valence-corrected chi connectivity index (χ0v) is 40.1. The Morgan fingerprint density at radius 3 is 2.22 bits per heavy atom. The van der Waals surface area contributed by atoms with E-state index in [0.717, 1.165) is 56.1 Å². The van der Waals surface area contributed by atoms with Crippen LogP contribution < -0.4 is 16.4 Å². The van der Waals surface area contributed by atoms with E-state index in [4.69, 9.17) is 22.1 Å². The molecule has 0 spiro atoms. The number of nitrogens with one attached hydrogen (secondary N) is 2. The summed E-state index contributed by atoms with van der Waals surface area (Å²) in [6.45, 7) is 20.0. The van der Waals surface area contributed by atoms with E-state index in [1.807, 2.05) is 13.8 Å². The number of carboxylic acid groups (broad SMARTS) is 1. The van der Waals surface area contributed by atoms with Crippen LogP contribution in [-0.2, 0) is 19.1 Å². The Morgan fingerprint density at radius 1 is 0.921 bits per heavy atom. The maximum Gasteiger partial charge on any atom is 0.309 e. The molecule has 5 saturated carbocycles. The summed E-state index contributed by atoms with van der Waals surface area (Å²) in [6, 6.07) is 6.27. The van der Waals surface area contributed by atoms with Crippen LogP contribution >= 0.6 is 11.6 Å². The monoisotopic (exact) mass is 896 g/mol. The number of carbonyl (C=O) groups is 4. The fourth-order valence-corrected chi connectivity index (χ4v) is 15.4. The number of aliphatic carboxylic acids is 1. The lowest BCUT2D eigenvalue weighted by molar-refractivity contribution is -0.238.